The van der Waals surface area contributed by atoms with Crippen LogP contribution in [0.4, 0.5) is 4.39 Å². The van der Waals surface area contributed by atoms with Gasteiger partial charge in [-0.1, -0.05) is 0 Å². The van der Waals surface area contributed by atoms with Gasteiger partial charge in [-0.25, -0.2) is 7.50 Å². The first kappa shape index (κ1) is 9.67. The van der Waals surface area contributed by atoms with Crippen LogP contribution in [0.25, 0.3) is 0 Å². The van der Waals surface area contributed by atoms with Gasteiger partial charge in [-0.2, -0.15) is 0 Å². The number of piperidine rings is 1. The first-order valence-corrected chi connectivity index (χ1v) is 4.79. The Labute approximate surface area is 81.2 Å². The van der Waals surface area contributed by atoms with E-state index in [2.05, 4.69) is 22.9 Å². The van der Waals surface area contributed by atoms with Gasteiger partial charge in [0.1, 0.15) is 6.17 Å². The van der Waals surface area contributed by atoms with Crippen LogP contribution in [0.2, 0.25) is 0 Å². The van der Waals surface area contributed by atoms with E-state index in [9.17, 15) is 4.39 Å². The van der Waals surface area contributed by atoms with E-state index >= 15 is 0 Å². The Morgan fingerprint density at radius 2 is 2.18 bits per heavy atom. The predicted octanol–water partition coefficient (Wildman–Crippen LogP) is 1.31. The van der Waals surface area contributed by atoms with Crippen molar-refractivity contribution in [1.29, 1.82) is 0 Å². The van der Waals surface area contributed by atoms with E-state index in [1.54, 1.807) is 0 Å². The minimum Gasteiger partial charge on any atom is -0.303 e. The van der Waals surface area contributed by atoms with Crippen molar-refractivity contribution in [1.82, 2.24) is 8.01 Å². The molecule has 0 radical (unpaired) electrons. The summed E-state index contributed by atoms with van der Waals surface area (Å²) in [7, 11) is 3.89. The first-order chi connectivity index (χ1) is 5.11. The lowest BCUT2D eigenvalue weighted by atomic mass is 10.0. The van der Waals surface area contributed by atoms with Crippen molar-refractivity contribution in [3.63, 3.8) is 0 Å². The largest absolute Gasteiger partial charge is 0.303 e. The second-order valence-electron chi connectivity index (χ2n) is 3.20. The molecule has 2 atom stereocenters. The second kappa shape index (κ2) is 4.00. The lowest BCUT2D eigenvalue weighted by molar-refractivity contribution is 0.103. The van der Waals surface area contributed by atoms with Crippen molar-refractivity contribution in [2.24, 2.45) is 0 Å². The molecule has 1 aliphatic heterocycles. The number of alkyl halides is 1. The number of rotatable bonds is 1. The molecule has 0 spiro atoms. The minimum absolute atomic E-state index is 0.126. The Morgan fingerprint density at radius 3 is 2.64 bits per heavy atom. The summed E-state index contributed by atoms with van der Waals surface area (Å²) in [4.78, 5) is 1.98. The van der Waals surface area contributed by atoms with E-state index in [4.69, 9.17) is 0 Å². The van der Waals surface area contributed by atoms with E-state index in [-0.39, 0.29) is 6.04 Å². The molecule has 1 rings (SSSR count). The monoisotopic (exact) mass is 272 g/mol. The molecule has 1 saturated heterocycles. The maximum absolute atomic E-state index is 13.3. The molecule has 0 amide bonds. The van der Waals surface area contributed by atoms with Crippen molar-refractivity contribution >= 4 is 22.9 Å². The van der Waals surface area contributed by atoms with Gasteiger partial charge in [0.2, 0.25) is 0 Å². The summed E-state index contributed by atoms with van der Waals surface area (Å²) in [5.74, 6) is 0. The average Bonchev–Trinajstić information content (AvgIpc) is 1.85. The number of hydrogen-bond acceptors (Lipinski definition) is 2. The van der Waals surface area contributed by atoms with Crippen molar-refractivity contribution in [3.8, 4) is 0 Å². The molecule has 0 aromatic rings. The van der Waals surface area contributed by atoms with Crippen LogP contribution in [0.3, 0.4) is 0 Å². The predicted molar refractivity (Wildman–Crippen MR) is 52.6 cm³/mol. The molecule has 66 valence electrons. The second-order valence-corrected chi connectivity index (χ2v) is 4.57. The normalized spacial score (nSPS) is 34.6. The van der Waals surface area contributed by atoms with Gasteiger partial charge in [-0.05, 0) is 20.5 Å². The fourth-order valence-electron chi connectivity index (χ4n) is 1.44. The van der Waals surface area contributed by atoms with Crippen molar-refractivity contribution in [2.45, 2.75) is 18.6 Å². The third kappa shape index (κ3) is 2.52. The van der Waals surface area contributed by atoms with Gasteiger partial charge in [0.05, 0.1) is 0 Å². The first-order valence-electron chi connectivity index (χ1n) is 3.82. The summed E-state index contributed by atoms with van der Waals surface area (Å²) in [6, 6.07) is 0.126. The van der Waals surface area contributed by atoms with E-state index in [0.29, 0.717) is 6.54 Å². The lowest BCUT2D eigenvalue weighted by Gasteiger charge is -2.34. The number of hydrogen-bond donors (Lipinski definition) is 0. The molecule has 11 heavy (non-hydrogen) atoms. The van der Waals surface area contributed by atoms with Crippen LogP contribution in [-0.4, -0.2) is 47.4 Å². The maximum Gasteiger partial charge on any atom is 0.129 e. The van der Waals surface area contributed by atoms with Gasteiger partial charge >= 0.3 is 0 Å². The Kier molecular flexibility index (Phi) is 3.52. The van der Waals surface area contributed by atoms with Crippen LogP contribution in [0.15, 0.2) is 0 Å². The van der Waals surface area contributed by atoms with E-state index in [1.165, 1.54) is 0 Å². The minimum atomic E-state index is -0.685. The fourth-order valence-corrected chi connectivity index (χ4v) is 2.09. The van der Waals surface area contributed by atoms with Gasteiger partial charge in [0.25, 0.3) is 0 Å². The summed E-state index contributed by atoms with van der Waals surface area (Å²) in [6.07, 6.45) is 0.257. The van der Waals surface area contributed by atoms with Crippen molar-refractivity contribution in [3.05, 3.63) is 0 Å². The van der Waals surface area contributed by atoms with Crippen LogP contribution in [0.1, 0.15) is 6.42 Å². The van der Waals surface area contributed by atoms with Crippen LogP contribution in [0, 0.1) is 0 Å². The molecular formula is C7H14FIN2. The molecular weight excluding hydrogens is 258 g/mol. The molecule has 4 heteroatoms. The molecule has 1 aliphatic rings. The van der Waals surface area contributed by atoms with Crippen molar-refractivity contribution in [2.75, 3.05) is 27.2 Å². The highest BCUT2D eigenvalue weighted by atomic mass is 127. The maximum atomic E-state index is 13.3. The number of halogens is 2. The third-order valence-electron chi connectivity index (χ3n) is 2.12. The molecule has 2 unspecified atom stereocenters. The topological polar surface area (TPSA) is 6.48 Å². The molecule has 1 fully saturated rings. The zero-order valence-corrected chi connectivity index (χ0v) is 9.08. The van der Waals surface area contributed by atoms with Crippen LogP contribution in [0.5, 0.6) is 0 Å². The van der Waals surface area contributed by atoms with Crippen molar-refractivity contribution < 1.29 is 4.39 Å². The molecule has 2 nitrogen and oxygen atoms in total. The Balaban J connectivity index is 2.44. The molecule has 0 N–H and O–H groups in total. The summed E-state index contributed by atoms with van der Waals surface area (Å²) in [5, 5.41) is 0. The molecule has 0 bridgehead atoms. The van der Waals surface area contributed by atoms with Gasteiger partial charge < -0.3 is 4.90 Å². The molecule has 0 aromatic carbocycles. The van der Waals surface area contributed by atoms with E-state index in [0.717, 1.165) is 13.0 Å². The summed E-state index contributed by atoms with van der Waals surface area (Å²) < 4.78 is 15.3. The number of nitrogens with zero attached hydrogens (tertiary/aromatic N) is 2. The van der Waals surface area contributed by atoms with Gasteiger partial charge in [0, 0.05) is 42.0 Å². The zero-order chi connectivity index (χ0) is 8.43. The molecule has 0 aliphatic carbocycles. The quantitative estimate of drug-likeness (QED) is 0.524. The summed E-state index contributed by atoms with van der Waals surface area (Å²) in [6.45, 7) is 1.58. The van der Waals surface area contributed by atoms with Gasteiger partial charge in [-0.15, -0.1) is 0 Å². The van der Waals surface area contributed by atoms with Crippen LogP contribution in [-0.2, 0) is 0 Å². The molecule has 1 heterocycles. The smallest absolute Gasteiger partial charge is 0.129 e. The van der Waals surface area contributed by atoms with Crippen LogP contribution >= 0.6 is 22.9 Å². The highest BCUT2D eigenvalue weighted by molar-refractivity contribution is 14.1. The Bertz CT molecular complexity index is 132. The average molecular weight is 272 g/mol. The Hall–Kier alpha value is 0.580. The molecule has 0 aromatic heterocycles. The SMILES string of the molecule is CN(C)C1CCN(I)CC1F. The zero-order valence-electron chi connectivity index (χ0n) is 6.93. The Morgan fingerprint density at radius 1 is 1.55 bits per heavy atom. The fraction of sp³-hybridized carbons (Fsp3) is 1.00. The van der Waals surface area contributed by atoms with E-state index < -0.39 is 6.17 Å². The third-order valence-corrected chi connectivity index (χ3v) is 3.00. The molecule has 0 saturated carbocycles. The van der Waals surface area contributed by atoms with Gasteiger partial charge in [-0.3, -0.25) is 0 Å². The summed E-state index contributed by atoms with van der Waals surface area (Å²) >= 11 is 2.18. The standard InChI is InChI=1S/C7H14FIN2/c1-10(2)7-3-4-11(9)5-6(7)8/h6-7H,3-5H2,1-2H3. The highest BCUT2D eigenvalue weighted by Gasteiger charge is 2.29. The summed E-state index contributed by atoms with van der Waals surface area (Å²) in [5.41, 5.74) is 0. The van der Waals surface area contributed by atoms with Gasteiger partial charge in [0.15, 0.2) is 0 Å². The van der Waals surface area contributed by atoms with Crippen LogP contribution < -0.4 is 0 Å². The van der Waals surface area contributed by atoms with E-state index in [1.807, 2.05) is 22.1 Å². The lowest BCUT2D eigenvalue weighted by Crippen LogP contribution is -2.47. The highest BCUT2D eigenvalue weighted by Crippen LogP contribution is 2.19.